The molecule has 0 saturated carbocycles. The third kappa shape index (κ3) is 4.25. The molecule has 1 N–H and O–H groups in total. The van der Waals surface area contributed by atoms with Crippen molar-refractivity contribution in [3.63, 3.8) is 0 Å². The van der Waals surface area contributed by atoms with Gasteiger partial charge in [0.05, 0.1) is 22.3 Å². The molecule has 1 fully saturated rings. The molecule has 2 heterocycles. The molecule has 33 heavy (non-hydrogen) atoms. The quantitative estimate of drug-likeness (QED) is 0.572. The summed E-state index contributed by atoms with van der Waals surface area (Å²) >= 11 is 5.49. The van der Waals surface area contributed by atoms with Crippen LogP contribution in [-0.4, -0.2) is 65.0 Å². The second-order valence-corrected chi connectivity index (χ2v) is 10.8. The summed E-state index contributed by atoms with van der Waals surface area (Å²) in [4.78, 5) is 31.0. The lowest BCUT2D eigenvalue weighted by molar-refractivity contribution is 0.0698. The number of benzene rings is 2. The van der Waals surface area contributed by atoms with Crippen LogP contribution in [0, 0.1) is 18.6 Å². The van der Waals surface area contributed by atoms with E-state index in [-0.39, 0.29) is 35.1 Å². The molecule has 174 valence electrons. The predicted octanol–water partition coefficient (Wildman–Crippen LogP) is 2.77. The number of aryl methyl sites for hydroxylation is 1. The van der Waals surface area contributed by atoms with Gasteiger partial charge in [-0.2, -0.15) is 4.31 Å². The summed E-state index contributed by atoms with van der Waals surface area (Å²) in [5, 5.41) is 0.430. The smallest absolute Gasteiger partial charge is 0.266 e. The van der Waals surface area contributed by atoms with E-state index in [0.717, 1.165) is 16.8 Å². The van der Waals surface area contributed by atoms with Crippen LogP contribution in [0.1, 0.15) is 28.4 Å². The molecular weight excluding hydrogens is 460 g/mol. The Morgan fingerprint density at radius 1 is 1.09 bits per heavy atom. The van der Waals surface area contributed by atoms with Gasteiger partial charge in [-0.05, 0) is 68.4 Å². The Bertz CT molecular complexity index is 1470. The van der Waals surface area contributed by atoms with Crippen LogP contribution in [0.2, 0.25) is 0 Å². The lowest BCUT2D eigenvalue weighted by Gasteiger charge is -2.33. The van der Waals surface area contributed by atoms with Crippen LogP contribution in [0.5, 0.6) is 0 Å². The third-order valence-corrected chi connectivity index (χ3v) is 8.41. The van der Waals surface area contributed by atoms with E-state index in [1.807, 2.05) is 32.0 Å². The summed E-state index contributed by atoms with van der Waals surface area (Å²) in [5.74, 6) is -0.159. The number of sulfonamides is 1. The molecule has 1 aliphatic rings. The van der Waals surface area contributed by atoms with Crippen LogP contribution in [0.25, 0.3) is 16.6 Å². The Morgan fingerprint density at radius 2 is 1.79 bits per heavy atom. The Morgan fingerprint density at radius 3 is 2.45 bits per heavy atom. The minimum atomic E-state index is -3.26. The molecule has 0 spiro atoms. The van der Waals surface area contributed by atoms with Crippen molar-refractivity contribution in [3.05, 3.63) is 68.2 Å². The molecular formula is C23H26N4O4S2. The van der Waals surface area contributed by atoms with Crippen molar-refractivity contribution in [2.24, 2.45) is 0 Å². The molecule has 1 amide bonds. The number of aromatic amines is 1. The van der Waals surface area contributed by atoms with Gasteiger partial charge in [-0.1, -0.05) is 12.1 Å². The third-order valence-electron chi connectivity index (χ3n) is 6.25. The second-order valence-electron chi connectivity index (χ2n) is 8.14. The Hall–Kier alpha value is -2.82. The number of H-pyrrole nitrogens is 1. The van der Waals surface area contributed by atoms with Crippen molar-refractivity contribution in [2.75, 3.05) is 31.9 Å². The number of nitrogens with one attached hydrogen (secondary N) is 1. The van der Waals surface area contributed by atoms with Gasteiger partial charge in [-0.3, -0.25) is 14.2 Å². The highest BCUT2D eigenvalue weighted by atomic mass is 32.2. The molecule has 1 aromatic heterocycles. The van der Waals surface area contributed by atoms with Gasteiger partial charge in [0.15, 0.2) is 4.77 Å². The number of nitrogens with zero attached hydrogens (tertiary/aromatic N) is 3. The van der Waals surface area contributed by atoms with Gasteiger partial charge in [0.1, 0.15) is 0 Å². The minimum absolute atomic E-state index is 0.0461. The largest absolute Gasteiger partial charge is 0.336 e. The van der Waals surface area contributed by atoms with Crippen LogP contribution < -0.4 is 5.56 Å². The van der Waals surface area contributed by atoms with Gasteiger partial charge in [0.2, 0.25) is 10.0 Å². The maximum absolute atomic E-state index is 13.3. The SMILES string of the molecule is CCS(=O)(=O)N1CCN(C(=O)c2ccc3c(=O)n(-c4cccc(C)c4C)c(=S)[nH]c3c2)CC1. The number of aromatic nitrogens is 2. The van der Waals surface area contributed by atoms with Crippen molar-refractivity contribution >= 4 is 39.1 Å². The van der Waals surface area contributed by atoms with Crippen LogP contribution in [0.15, 0.2) is 41.2 Å². The van der Waals surface area contributed by atoms with Crippen molar-refractivity contribution in [3.8, 4) is 5.69 Å². The van der Waals surface area contributed by atoms with Crippen molar-refractivity contribution < 1.29 is 13.2 Å². The van der Waals surface area contributed by atoms with E-state index in [1.165, 1.54) is 8.87 Å². The number of fused-ring (bicyclic) bond motifs is 1. The van der Waals surface area contributed by atoms with Crippen LogP contribution in [0.3, 0.4) is 0 Å². The maximum atomic E-state index is 13.3. The zero-order valence-electron chi connectivity index (χ0n) is 18.8. The van der Waals surface area contributed by atoms with Gasteiger partial charge in [-0.25, -0.2) is 8.42 Å². The number of carbonyl (C=O) groups is 1. The normalized spacial score (nSPS) is 15.2. The maximum Gasteiger partial charge on any atom is 0.266 e. The van der Waals surface area contributed by atoms with E-state index in [9.17, 15) is 18.0 Å². The van der Waals surface area contributed by atoms with E-state index in [1.54, 1.807) is 30.0 Å². The zero-order valence-corrected chi connectivity index (χ0v) is 20.4. The topological polar surface area (TPSA) is 95.5 Å². The molecule has 10 heteroatoms. The summed E-state index contributed by atoms with van der Waals surface area (Å²) in [6.45, 7) is 6.73. The summed E-state index contributed by atoms with van der Waals surface area (Å²) < 4.78 is 27.3. The highest BCUT2D eigenvalue weighted by molar-refractivity contribution is 7.89. The first-order valence-electron chi connectivity index (χ1n) is 10.8. The molecule has 0 unspecified atom stereocenters. The second kappa shape index (κ2) is 8.85. The van der Waals surface area contributed by atoms with E-state index in [4.69, 9.17) is 12.2 Å². The number of hydrogen-bond donors (Lipinski definition) is 1. The summed E-state index contributed by atoms with van der Waals surface area (Å²) in [6, 6.07) is 10.6. The molecule has 8 nitrogen and oxygen atoms in total. The average molecular weight is 487 g/mol. The molecule has 2 aromatic carbocycles. The van der Waals surface area contributed by atoms with Crippen molar-refractivity contribution in [2.45, 2.75) is 20.8 Å². The minimum Gasteiger partial charge on any atom is -0.336 e. The number of carbonyl (C=O) groups excluding carboxylic acids is 1. The van der Waals surface area contributed by atoms with Crippen molar-refractivity contribution in [1.29, 1.82) is 0 Å². The lowest BCUT2D eigenvalue weighted by Crippen LogP contribution is -2.50. The zero-order chi connectivity index (χ0) is 23.9. The van der Waals surface area contributed by atoms with E-state index >= 15 is 0 Å². The first-order valence-corrected chi connectivity index (χ1v) is 12.8. The molecule has 1 saturated heterocycles. The first kappa shape index (κ1) is 23.3. The highest BCUT2D eigenvalue weighted by Gasteiger charge is 2.28. The van der Waals surface area contributed by atoms with E-state index in [0.29, 0.717) is 29.6 Å². The van der Waals surface area contributed by atoms with E-state index < -0.39 is 10.0 Å². The highest BCUT2D eigenvalue weighted by Crippen LogP contribution is 2.19. The van der Waals surface area contributed by atoms with Crippen LogP contribution in [-0.2, 0) is 10.0 Å². The number of hydrogen-bond acceptors (Lipinski definition) is 5. The number of rotatable bonds is 4. The van der Waals surface area contributed by atoms with Crippen LogP contribution in [0.4, 0.5) is 0 Å². The fourth-order valence-corrected chi connectivity index (χ4v) is 5.46. The Kier molecular flexibility index (Phi) is 6.26. The van der Waals surface area contributed by atoms with Crippen molar-refractivity contribution in [1.82, 2.24) is 18.8 Å². The molecule has 0 bridgehead atoms. The number of piperazine rings is 1. The average Bonchev–Trinajstić information content (AvgIpc) is 2.81. The van der Waals surface area contributed by atoms with Gasteiger partial charge >= 0.3 is 0 Å². The lowest BCUT2D eigenvalue weighted by atomic mass is 10.1. The first-order chi connectivity index (χ1) is 15.6. The monoisotopic (exact) mass is 486 g/mol. The summed E-state index contributed by atoms with van der Waals surface area (Å²) in [6.07, 6.45) is 0. The van der Waals surface area contributed by atoms with Gasteiger partial charge in [0.25, 0.3) is 11.5 Å². The molecule has 3 aromatic rings. The molecule has 0 atom stereocenters. The molecule has 1 aliphatic heterocycles. The predicted molar refractivity (Wildman–Crippen MR) is 131 cm³/mol. The molecule has 0 aliphatic carbocycles. The fraction of sp³-hybridized carbons (Fsp3) is 0.348. The molecule has 4 rings (SSSR count). The summed E-state index contributed by atoms with van der Waals surface area (Å²) in [7, 11) is -3.26. The van der Waals surface area contributed by atoms with Gasteiger partial charge < -0.3 is 9.88 Å². The van der Waals surface area contributed by atoms with E-state index in [2.05, 4.69) is 4.98 Å². The standard InChI is InChI=1S/C23H26N4O4S2/c1-4-33(30,31)26-12-10-25(11-13-26)21(28)17-8-9-18-19(14-17)24-23(32)27(22(18)29)20-7-5-6-15(2)16(20)3/h5-9,14H,4,10-13H2,1-3H3,(H,24,32). The Balaban J connectivity index is 1.66. The van der Waals surface area contributed by atoms with Crippen LogP contribution >= 0.6 is 12.2 Å². The van der Waals surface area contributed by atoms with Gasteiger partial charge in [-0.15, -0.1) is 0 Å². The number of amides is 1. The fourth-order valence-electron chi connectivity index (χ4n) is 4.08. The molecule has 0 radical (unpaired) electrons. The summed E-state index contributed by atoms with van der Waals surface area (Å²) in [5.41, 5.74) is 3.41. The van der Waals surface area contributed by atoms with Gasteiger partial charge in [0, 0.05) is 31.7 Å². The Labute approximate surface area is 197 Å².